The third-order valence-electron chi connectivity index (χ3n) is 5.79. The molecule has 0 amide bonds. The van der Waals surface area contributed by atoms with Crippen molar-refractivity contribution in [1.82, 2.24) is 0 Å². The molecule has 2 aliphatic rings. The smallest absolute Gasteiger partial charge is 0.229 e. The van der Waals surface area contributed by atoms with Crippen molar-refractivity contribution in [2.45, 2.75) is 43.8 Å². The molecular formula is C22H27NO5S. The first-order chi connectivity index (χ1) is 13.9. The second kappa shape index (κ2) is 7.88. The number of anilines is 1. The molecule has 0 radical (unpaired) electrons. The molecule has 1 N–H and O–H groups in total. The first-order valence-electron chi connectivity index (χ1n) is 9.89. The second-order valence-electron chi connectivity index (χ2n) is 7.74. The van der Waals surface area contributed by atoms with Gasteiger partial charge < -0.3 is 14.2 Å². The Morgan fingerprint density at radius 1 is 1.00 bits per heavy atom. The summed E-state index contributed by atoms with van der Waals surface area (Å²) in [6.07, 6.45) is 5.27. The summed E-state index contributed by atoms with van der Waals surface area (Å²) in [5.74, 6) is 1.89. The largest absolute Gasteiger partial charge is 0.496 e. The number of benzene rings is 2. The minimum absolute atomic E-state index is 0.105. The molecule has 6 nitrogen and oxygen atoms in total. The number of hydrogen-bond acceptors (Lipinski definition) is 5. The van der Waals surface area contributed by atoms with E-state index in [4.69, 9.17) is 14.2 Å². The van der Waals surface area contributed by atoms with Gasteiger partial charge in [-0.05, 0) is 42.7 Å². The van der Waals surface area contributed by atoms with Gasteiger partial charge in [0.2, 0.25) is 10.0 Å². The van der Waals surface area contributed by atoms with Gasteiger partial charge in [0.15, 0.2) is 0 Å². The van der Waals surface area contributed by atoms with E-state index in [0.717, 1.165) is 53.7 Å². The molecule has 156 valence electrons. The van der Waals surface area contributed by atoms with Crippen LogP contribution < -0.4 is 14.2 Å². The molecule has 1 fully saturated rings. The van der Waals surface area contributed by atoms with Gasteiger partial charge in [0.1, 0.15) is 17.6 Å². The lowest BCUT2D eigenvalue weighted by Crippen LogP contribution is -2.34. The Balaban J connectivity index is 1.86. The minimum atomic E-state index is -3.36. The van der Waals surface area contributed by atoms with Crippen molar-refractivity contribution < 1.29 is 22.6 Å². The fraction of sp³-hybridized carbons (Fsp3) is 0.455. The maximum Gasteiger partial charge on any atom is 0.229 e. The van der Waals surface area contributed by atoms with E-state index in [2.05, 4.69) is 4.72 Å². The molecule has 4 rings (SSSR count). The van der Waals surface area contributed by atoms with Crippen molar-refractivity contribution in [3.05, 3.63) is 53.1 Å². The van der Waals surface area contributed by atoms with Crippen molar-refractivity contribution in [2.24, 2.45) is 0 Å². The number of fused-ring (bicyclic) bond motifs is 3. The Labute approximate surface area is 172 Å². The molecule has 29 heavy (non-hydrogen) atoms. The van der Waals surface area contributed by atoms with Gasteiger partial charge in [-0.1, -0.05) is 25.0 Å². The van der Waals surface area contributed by atoms with Crippen LogP contribution in [0.3, 0.4) is 0 Å². The minimum Gasteiger partial charge on any atom is -0.496 e. The van der Waals surface area contributed by atoms with E-state index in [9.17, 15) is 8.42 Å². The lowest BCUT2D eigenvalue weighted by atomic mass is 9.75. The zero-order chi connectivity index (χ0) is 20.6. The normalized spacial score (nSPS) is 23.6. The van der Waals surface area contributed by atoms with Gasteiger partial charge >= 0.3 is 0 Å². The Bertz CT molecular complexity index is 1000. The molecule has 7 heteroatoms. The van der Waals surface area contributed by atoms with Crippen LogP contribution in [0.15, 0.2) is 36.4 Å². The summed E-state index contributed by atoms with van der Waals surface area (Å²) in [5, 5.41) is 0. The quantitative estimate of drug-likeness (QED) is 0.788. The van der Waals surface area contributed by atoms with E-state index in [1.165, 1.54) is 6.42 Å². The predicted molar refractivity (Wildman–Crippen MR) is 112 cm³/mol. The van der Waals surface area contributed by atoms with Crippen LogP contribution in [0.25, 0.3) is 0 Å². The fourth-order valence-electron chi connectivity index (χ4n) is 4.66. The second-order valence-corrected chi connectivity index (χ2v) is 9.49. The number of ether oxygens (including phenoxy) is 3. The van der Waals surface area contributed by atoms with Gasteiger partial charge in [0.25, 0.3) is 0 Å². The van der Waals surface area contributed by atoms with Crippen LogP contribution >= 0.6 is 0 Å². The Kier molecular flexibility index (Phi) is 5.44. The molecular weight excluding hydrogens is 390 g/mol. The first kappa shape index (κ1) is 20.0. The molecule has 2 aromatic rings. The summed E-state index contributed by atoms with van der Waals surface area (Å²) in [6, 6.07) is 11.2. The van der Waals surface area contributed by atoms with Gasteiger partial charge in [0, 0.05) is 22.7 Å². The molecule has 0 unspecified atom stereocenters. The number of rotatable bonds is 5. The zero-order valence-corrected chi connectivity index (χ0v) is 17.8. The van der Waals surface area contributed by atoms with Crippen molar-refractivity contribution in [3.63, 3.8) is 0 Å². The Hall–Kier alpha value is -2.25. The van der Waals surface area contributed by atoms with Gasteiger partial charge in [0.05, 0.1) is 26.6 Å². The summed E-state index contributed by atoms with van der Waals surface area (Å²) in [6.45, 7) is 0. The molecule has 0 spiro atoms. The van der Waals surface area contributed by atoms with Gasteiger partial charge in [-0.3, -0.25) is 4.72 Å². The van der Waals surface area contributed by atoms with Gasteiger partial charge in [-0.15, -0.1) is 0 Å². The zero-order valence-electron chi connectivity index (χ0n) is 17.0. The van der Waals surface area contributed by atoms with Crippen LogP contribution in [0, 0.1) is 0 Å². The van der Waals surface area contributed by atoms with Crippen LogP contribution in [-0.2, 0) is 14.8 Å². The maximum absolute atomic E-state index is 11.7. The number of nitrogens with one attached hydrogen (secondary N) is 1. The van der Waals surface area contributed by atoms with E-state index < -0.39 is 10.0 Å². The molecule has 0 aromatic heterocycles. The van der Waals surface area contributed by atoms with Gasteiger partial charge in [-0.2, -0.15) is 0 Å². The standard InChI is InChI=1S/C22H27NO5S/c1-26-18-11-12-19(27-2)21-20(18)16-9-4-5-10-17(16)28-22(21)14-7-6-8-15(13-14)23-29(3,24)25/h6-8,11-13,16-17,22-23H,4-5,9-10H2,1-3H3/t16-,17-,22-/m0/s1. The van der Waals surface area contributed by atoms with E-state index in [1.54, 1.807) is 20.3 Å². The van der Waals surface area contributed by atoms with Crippen molar-refractivity contribution in [1.29, 1.82) is 0 Å². The highest BCUT2D eigenvalue weighted by molar-refractivity contribution is 7.92. The highest BCUT2D eigenvalue weighted by atomic mass is 32.2. The maximum atomic E-state index is 11.7. The monoisotopic (exact) mass is 417 g/mol. The van der Waals surface area contributed by atoms with Gasteiger partial charge in [-0.25, -0.2) is 8.42 Å². The third-order valence-corrected chi connectivity index (χ3v) is 6.39. The average molecular weight is 418 g/mol. The summed E-state index contributed by atoms with van der Waals surface area (Å²) in [4.78, 5) is 0. The van der Waals surface area contributed by atoms with Crippen LogP contribution in [0.1, 0.15) is 54.4 Å². The number of methoxy groups -OCH3 is 2. The van der Waals surface area contributed by atoms with E-state index >= 15 is 0 Å². The van der Waals surface area contributed by atoms with Crippen molar-refractivity contribution in [3.8, 4) is 11.5 Å². The fourth-order valence-corrected chi connectivity index (χ4v) is 5.22. The molecule has 0 bridgehead atoms. The lowest BCUT2D eigenvalue weighted by molar-refractivity contribution is -0.0406. The van der Waals surface area contributed by atoms with E-state index in [0.29, 0.717) is 5.69 Å². The first-order valence-corrected chi connectivity index (χ1v) is 11.8. The molecule has 1 aliphatic heterocycles. The predicted octanol–water partition coefficient (Wildman–Crippen LogP) is 4.22. The highest BCUT2D eigenvalue weighted by Gasteiger charge is 2.41. The lowest BCUT2D eigenvalue weighted by Gasteiger charge is -2.42. The summed E-state index contributed by atoms with van der Waals surface area (Å²) >= 11 is 0. The summed E-state index contributed by atoms with van der Waals surface area (Å²) in [5.41, 5.74) is 3.54. The average Bonchev–Trinajstić information content (AvgIpc) is 2.71. The SMILES string of the molecule is COc1ccc(OC)c2c1[C@H](c1cccc(NS(C)(=O)=O)c1)O[C@H]1CCCC[C@H]21. The van der Waals surface area contributed by atoms with Crippen LogP contribution in [0.2, 0.25) is 0 Å². The van der Waals surface area contributed by atoms with E-state index in [-0.39, 0.29) is 18.1 Å². The molecule has 3 atom stereocenters. The molecule has 0 saturated heterocycles. The van der Waals surface area contributed by atoms with E-state index in [1.807, 2.05) is 30.3 Å². The molecule has 1 aliphatic carbocycles. The Morgan fingerprint density at radius 2 is 1.69 bits per heavy atom. The molecule has 2 aromatic carbocycles. The number of hydrogen-bond donors (Lipinski definition) is 1. The third kappa shape index (κ3) is 3.94. The molecule has 1 heterocycles. The van der Waals surface area contributed by atoms with Crippen LogP contribution in [0.5, 0.6) is 11.5 Å². The Morgan fingerprint density at radius 3 is 2.38 bits per heavy atom. The topological polar surface area (TPSA) is 73.9 Å². The van der Waals surface area contributed by atoms with Crippen molar-refractivity contribution >= 4 is 15.7 Å². The summed E-state index contributed by atoms with van der Waals surface area (Å²) in [7, 11) is -0.00727. The summed E-state index contributed by atoms with van der Waals surface area (Å²) < 4.78 is 44.0. The number of sulfonamides is 1. The van der Waals surface area contributed by atoms with Crippen LogP contribution in [-0.4, -0.2) is 35.0 Å². The highest BCUT2D eigenvalue weighted by Crippen LogP contribution is 2.52. The molecule has 1 saturated carbocycles. The van der Waals surface area contributed by atoms with Crippen molar-refractivity contribution in [2.75, 3.05) is 25.2 Å². The van der Waals surface area contributed by atoms with Crippen LogP contribution in [0.4, 0.5) is 5.69 Å².